The van der Waals surface area contributed by atoms with Crippen molar-refractivity contribution >= 4 is 5.69 Å². The zero-order valence-corrected chi connectivity index (χ0v) is 11.3. The number of rotatable bonds is 3. The fourth-order valence-electron chi connectivity index (χ4n) is 3.46. The van der Waals surface area contributed by atoms with Crippen LogP contribution in [0.1, 0.15) is 19.3 Å². The van der Waals surface area contributed by atoms with E-state index in [-0.39, 0.29) is 0 Å². The summed E-state index contributed by atoms with van der Waals surface area (Å²) in [5.41, 5.74) is 1.04. The molecule has 6 nitrogen and oxygen atoms in total. The average Bonchev–Trinajstić information content (AvgIpc) is 3.18. The second-order valence-electron chi connectivity index (χ2n) is 5.50. The van der Waals surface area contributed by atoms with Gasteiger partial charge in [0.25, 0.3) is 0 Å². The summed E-state index contributed by atoms with van der Waals surface area (Å²) in [6, 6.07) is 5.23. The van der Waals surface area contributed by atoms with Gasteiger partial charge in [-0.05, 0) is 37.9 Å². The number of hydrogen-bond donors (Lipinski definition) is 1. The summed E-state index contributed by atoms with van der Waals surface area (Å²) in [6.07, 6.45) is 8.84. The van der Waals surface area contributed by atoms with Gasteiger partial charge in [-0.3, -0.25) is 4.90 Å². The lowest BCUT2D eigenvalue weighted by Crippen LogP contribution is -2.34. The molecule has 2 aromatic heterocycles. The minimum absolute atomic E-state index is 0.518. The zero-order valence-electron chi connectivity index (χ0n) is 11.3. The molecule has 0 amide bonds. The highest BCUT2D eigenvalue weighted by Crippen LogP contribution is 2.31. The van der Waals surface area contributed by atoms with Crippen LogP contribution in [0.25, 0.3) is 5.82 Å². The lowest BCUT2D eigenvalue weighted by atomic mass is 10.1. The van der Waals surface area contributed by atoms with Crippen LogP contribution >= 0.6 is 0 Å². The molecule has 2 atom stereocenters. The molecule has 0 saturated carbocycles. The largest absolute Gasteiger partial charge is 0.378 e. The third kappa shape index (κ3) is 1.96. The Kier molecular flexibility index (Phi) is 2.88. The van der Waals surface area contributed by atoms with Crippen molar-refractivity contribution in [2.75, 3.05) is 18.4 Å². The van der Waals surface area contributed by atoms with E-state index in [1.165, 1.54) is 38.7 Å². The number of nitrogens with one attached hydrogen (secondary N) is 1. The minimum atomic E-state index is 0.518. The highest BCUT2D eigenvalue weighted by atomic mass is 15.4. The second-order valence-corrected chi connectivity index (χ2v) is 5.50. The van der Waals surface area contributed by atoms with Gasteiger partial charge in [0.05, 0.1) is 5.69 Å². The minimum Gasteiger partial charge on any atom is -0.378 e. The first-order chi connectivity index (χ1) is 9.92. The number of nitrogens with zero attached hydrogens (tertiary/aromatic N) is 5. The van der Waals surface area contributed by atoms with E-state index in [1.807, 2.05) is 6.07 Å². The molecule has 2 aliphatic rings. The smallest absolute Gasteiger partial charge is 0.178 e. The third-order valence-corrected chi connectivity index (χ3v) is 4.37. The van der Waals surface area contributed by atoms with E-state index in [4.69, 9.17) is 0 Å². The molecule has 2 aliphatic heterocycles. The SMILES string of the molecule is c1cnc(-n2cncn2)c(NC2CCN3CCCC23)c1. The molecule has 0 aliphatic carbocycles. The maximum atomic E-state index is 4.43. The molecule has 2 unspecified atom stereocenters. The van der Waals surface area contributed by atoms with Gasteiger partial charge in [-0.15, -0.1) is 0 Å². The second kappa shape index (κ2) is 4.86. The summed E-state index contributed by atoms with van der Waals surface area (Å²) in [5, 5.41) is 7.86. The first-order valence-electron chi connectivity index (χ1n) is 7.22. The van der Waals surface area contributed by atoms with Crippen LogP contribution in [-0.4, -0.2) is 49.8 Å². The third-order valence-electron chi connectivity index (χ3n) is 4.37. The maximum absolute atomic E-state index is 4.43. The van der Waals surface area contributed by atoms with E-state index in [2.05, 4.69) is 31.3 Å². The molecule has 2 saturated heterocycles. The van der Waals surface area contributed by atoms with Crippen LogP contribution in [0, 0.1) is 0 Å². The van der Waals surface area contributed by atoms with Crippen molar-refractivity contribution in [3.63, 3.8) is 0 Å². The van der Waals surface area contributed by atoms with Crippen molar-refractivity contribution in [2.24, 2.45) is 0 Å². The normalized spacial score (nSPS) is 25.8. The molecule has 2 fully saturated rings. The molecule has 0 aromatic carbocycles. The lowest BCUT2D eigenvalue weighted by molar-refractivity contribution is 0.318. The zero-order chi connectivity index (χ0) is 13.4. The predicted octanol–water partition coefficient (Wildman–Crippen LogP) is 1.31. The molecule has 0 radical (unpaired) electrons. The Morgan fingerprint density at radius 3 is 3.15 bits per heavy atom. The molecular formula is C14H18N6. The van der Waals surface area contributed by atoms with E-state index < -0.39 is 0 Å². The van der Waals surface area contributed by atoms with Crippen LogP contribution in [0.5, 0.6) is 0 Å². The van der Waals surface area contributed by atoms with Crippen molar-refractivity contribution in [3.05, 3.63) is 31.0 Å². The van der Waals surface area contributed by atoms with Crippen LogP contribution in [-0.2, 0) is 0 Å². The van der Waals surface area contributed by atoms with Gasteiger partial charge in [0.2, 0.25) is 0 Å². The predicted molar refractivity (Wildman–Crippen MR) is 75.8 cm³/mol. The Balaban J connectivity index is 1.60. The van der Waals surface area contributed by atoms with Gasteiger partial charge < -0.3 is 5.32 Å². The van der Waals surface area contributed by atoms with Gasteiger partial charge in [-0.1, -0.05) is 0 Å². The Morgan fingerprint density at radius 1 is 1.25 bits per heavy atom. The molecule has 0 spiro atoms. The first-order valence-corrected chi connectivity index (χ1v) is 7.22. The van der Waals surface area contributed by atoms with Crippen molar-refractivity contribution in [3.8, 4) is 5.82 Å². The number of pyridine rings is 1. The molecule has 6 heteroatoms. The van der Waals surface area contributed by atoms with Crippen molar-refractivity contribution in [2.45, 2.75) is 31.3 Å². The van der Waals surface area contributed by atoms with Gasteiger partial charge in [-0.2, -0.15) is 5.10 Å². The van der Waals surface area contributed by atoms with Crippen molar-refractivity contribution < 1.29 is 0 Å². The average molecular weight is 270 g/mol. The first kappa shape index (κ1) is 11.8. The number of hydrogen-bond acceptors (Lipinski definition) is 5. The highest BCUT2D eigenvalue weighted by Gasteiger charge is 2.37. The fraction of sp³-hybridized carbons (Fsp3) is 0.500. The van der Waals surface area contributed by atoms with Gasteiger partial charge in [0.1, 0.15) is 12.7 Å². The monoisotopic (exact) mass is 270 g/mol. The summed E-state index contributed by atoms with van der Waals surface area (Å²) in [4.78, 5) is 11.0. The quantitative estimate of drug-likeness (QED) is 0.911. The Morgan fingerprint density at radius 2 is 2.25 bits per heavy atom. The number of anilines is 1. The van der Waals surface area contributed by atoms with Crippen LogP contribution in [0.3, 0.4) is 0 Å². The van der Waals surface area contributed by atoms with Gasteiger partial charge in [0, 0.05) is 24.8 Å². The topological polar surface area (TPSA) is 58.9 Å². The number of fused-ring (bicyclic) bond motifs is 1. The highest BCUT2D eigenvalue weighted by molar-refractivity contribution is 5.57. The molecule has 4 heterocycles. The van der Waals surface area contributed by atoms with Crippen LogP contribution in [0.2, 0.25) is 0 Å². The van der Waals surface area contributed by atoms with E-state index >= 15 is 0 Å². The van der Waals surface area contributed by atoms with Crippen LogP contribution in [0.4, 0.5) is 5.69 Å². The van der Waals surface area contributed by atoms with E-state index in [9.17, 15) is 0 Å². The maximum Gasteiger partial charge on any atom is 0.178 e. The van der Waals surface area contributed by atoms with Crippen molar-refractivity contribution in [1.82, 2.24) is 24.6 Å². The molecule has 0 bridgehead atoms. The number of aromatic nitrogens is 4. The van der Waals surface area contributed by atoms with E-state index in [1.54, 1.807) is 17.2 Å². The lowest BCUT2D eigenvalue weighted by Gasteiger charge is -2.23. The molecule has 20 heavy (non-hydrogen) atoms. The van der Waals surface area contributed by atoms with Gasteiger partial charge in [-0.25, -0.2) is 14.6 Å². The summed E-state index contributed by atoms with van der Waals surface area (Å²) in [5.74, 6) is 0.821. The fourth-order valence-corrected chi connectivity index (χ4v) is 3.46. The summed E-state index contributed by atoms with van der Waals surface area (Å²) in [6.45, 7) is 2.47. The molecule has 2 aromatic rings. The van der Waals surface area contributed by atoms with E-state index in [0.717, 1.165) is 11.5 Å². The van der Waals surface area contributed by atoms with Gasteiger partial charge >= 0.3 is 0 Å². The Hall–Kier alpha value is -1.95. The molecule has 1 N–H and O–H groups in total. The van der Waals surface area contributed by atoms with Crippen LogP contribution in [0.15, 0.2) is 31.0 Å². The molecular weight excluding hydrogens is 252 g/mol. The Labute approximate surface area is 117 Å². The Bertz CT molecular complexity index is 581. The van der Waals surface area contributed by atoms with Gasteiger partial charge in [0.15, 0.2) is 5.82 Å². The summed E-state index contributed by atoms with van der Waals surface area (Å²) in [7, 11) is 0. The van der Waals surface area contributed by atoms with Crippen LogP contribution < -0.4 is 5.32 Å². The summed E-state index contributed by atoms with van der Waals surface area (Å²) < 4.78 is 1.71. The molecule has 104 valence electrons. The molecule has 4 rings (SSSR count). The standard InChI is InChI=1S/C14H18N6/c1-3-12(14(16-6-1)20-10-15-9-17-20)18-11-5-8-19-7-2-4-13(11)19/h1,3,6,9-11,13,18H,2,4-5,7-8H2. The van der Waals surface area contributed by atoms with E-state index in [0.29, 0.717) is 12.1 Å². The van der Waals surface area contributed by atoms with Crippen molar-refractivity contribution in [1.29, 1.82) is 0 Å². The summed E-state index contributed by atoms with van der Waals surface area (Å²) >= 11 is 0.